The van der Waals surface area contributed by atoms with Gasteiger partial charge in [-0.15, -0.1) is 0 Å². The van der Waals surface area contributed by atoms with E-state index in [4.69, 9.17) is 0 Å². The number of carbonyl (C=O) groups excluding carboxylic acids is 1. The van der Waals surface area contributed by atoms with E-state index in [1.807, 2.05) is 6.07 Å². The highest BCUT2D eigenvalue weighted by Crippen LogP contribution is 2.24. The first-order valence-corrected chi connectivity index (χ1v) is 9.44. The average molecular weight is 322 g/mol. The number of carbonyl (C=O) groups is 1. The van der Waals surface area contributed by atoms with Crippen LogP contribution in [0.4, 0.5) is 0 Å². The Hall–Kier alpha value is -1.40. The van der Waals surface area contributed by atoms with E-state index in [2.05, 4.69) is 4.72 Å². The smallest absolute Gasteiger partial charge is 0.240 e. The van der Waals surface area contributed by atoms with Gasteiger partial charge in [-0.3, -0.25) is 4.79 Å². The van der Waals surface area contributed by atoms with Crippen molar-refractivity contribution < 1.29 is 13.2 Å². The zero-order valence-electron chi connectivity index (χ0n) is 12.7. The largest absolute Gasteiger partial charge is 0.341 e. The molecule has 1 fully saturated rings. The Morgan fingerprint density at radius 1 is 1.05 bits per heavy atom. The number of nitrogens with one attached hydrogen (secondary N) is 1. The molecule has 2 aliphatic rings. The zero-order chi connectivity index (χ0) is 15.6. The quantitative estimate of drug-likeness (QED) is 0.892. The molecule has 0 spiro atoms. The average Bonchev–Trinajstić information content (AvgIpc) is 2.96. The van der Waals surface area contributed by atoms with E-state index in [0.717, 1.165) is 44.2 Å². The van der Waals surface area contributed by atoms with Crippen molar-refractivity contribution in [1.29, 1.82) is 0 Å². The van der Waals surface area contributed by atoms with Crippen molar-refractivity contribution in [3.05, 3.63) is 29.3 Å². The predicted octanol–water partition coefficient (Wildman–Crippen LogP) is 1.47. The molecule has 1 amide bonds. The van der Waals surface area contributed by atoms with Crippen molar-refractivity contribution in [2.24, 2.45) is 0 Å². The summed E-state index contributed by atoms with van der Waals surface area (Å²) in [6, 6.07) is 5.39. The summed E-state index contributed by atoms with van der Waals surface area (Å²) in [5.41, 5.74) is 2.41. The minimum Gasteiger partial charge on any atom is -0.341 e. The van der Waals surface area contributed by atoms with Crippen molar-refractivity contribution in [1.82, 2.24) is 9.62 Å². The summed E-state index contributed by atoms with van der Waals surface area (Å²) in [5.74, 6) is 0.128. The Morgan fingerprint density at radius 2 is 1.86 bits per heavy atom. The number of nitrogens with zero attached hydrogens (tertiary/aromatic N) is 1. The maximum atomic E-state index is 12.3. The van der Waals surface area contributed by atoms with Gasteiger partial charge in [0.1, 0.15) is 0 Å². The standard InChI is InChI=1S/C16H22N2O3S/c19-16-6-1-2-10-18(16)11-9-17-22(20,21)15-8-7-13-4-3-5-14(13)12-15/h7-8,12,17H,1-6,9-11H2. The number of rotatable bonds is 5. The third kappa shape index (κ3) is 3.33. The molecule has 22 heavy (non-hydrogen) atoms. The van der Waals surface area contributed by atoms with Crippen molar-refractivity contribution >= 4 is 15.9 Å². The molecule has 120 valence electrons. The summed E-state index contributed by atoms with van der Waals surface area (Å²) in [7, 11) is -3.49. The van der Waals surface area contributed by atoms with Gasteiger partial charge in [0.05, 0.1) is 4.90 Å². The molecule has 0 unspecified atom stereocenters. The number of fused-ring (bicyclic) bond motifs is 1. The fourth-order valence-electron chi connectivity index (χ4n) is 3.21. The zero-order valence-corrected chi connectivity index (χ0v) is 13.5. The van der Waals surface area contributed by atoms with Crippen LogP contribution < -0.4 is 4.72 Å². The Labute approximate surface area is 131 Å². The van der Waals surface area contributed by atoms with Gasteiger partial charge in [0, 0.05) is 26.1 Å². The van der Waals surface area contributed by atoms with E-state index in [9.17, 15) is 13.2 Å². The molecule has 1 N–H and O–H groups in total. The third-order valence-electron chi connectivity index (χ3n) is 4.48. The lowest BCUT2D eigenvalue weighted by Gasteiger charge is -2.26. The maximum absolute atomic E-state index is 12.3. The molecule has 6 heteroatoms. The highest BCUT2D eigenvalue weighted by atomic mass is 32.2. The molecule has 0 atom stereocenters. The number of piperidine rings is 1. The van der Waals surface area contributed by atoms with Crippen LogP contribution in [0.15, 0.2) is 23.1 Å². The predicted molar refractivity (Wildman–Crippen MR) is 84.1 cm³/mol. The molecule has 1 heterocycles. The molecule has 1 aliphatic heterocycles. The van der Waals surface area contributed by atoms with E-state index < -0.39 is 10.0 Å². The number of hydrogen-bond acceptors (Lipinski definition) is 3. The first kappa shape index (κ1) is 15.5. The molecule has 1 saturated heterocycles. The van der Waals surface area contributed by atoms with Gasteiger partial charge in [-0.2, -0.15) is 0 Å². The first-order valence-electron chi connectivity index (χ1n) is 7.95. The maximum Gasteiger partial charge on any atom is 0.240 e. The summed E-state index contributed by atoms with van der Waals surface area (Å²) in [5, 5.41) is 0. The first-order chi connectivity index (χ1) is 10.6. The van der Waals surface area contributed by atoms with Crippen LogP contribution in [0.2, 0.25) is 0 Å². The second-order valence-electron chi connectivity index (χ2n) is 6.02. The number of amides is 1. The van der Waals surface area contributed by atoms with E-state index in [-0.39, 0.29) is 12.5 Å². The van der Waals surface area contributed by atoms with Gasteiger partial charge >= 0.3 is 0 Å². The molecular formula is C16H22N2O3S. The number of sulfonamides is 1. The van der Waals surface area contributed by atoms with Gasteiger partial charge < -0.3 is 4.90 Å². The number of hydrogen-bond donors (Lipinski definition) is 1. The van der Waals surface area contributed by atoms with Gasteiger partial charge in [-0.25, -0.2) is 13.1 Å². The van der Waals surface area contributed by atoms with Crippen LogP contribution in [-0.2, 0) is 27.7 Å². The van der Waals surface area contributed by atoms with Crippen LogP contribution in [0.25, 0.3) is 0 Å². The van der Waals surface area contributed by atoms with E-state index in [1.165, 1.54) is 5.56 Å². The minimum atomic E-state index is -3.49. The van der Waals surface area contributed by atoms with Crippen molar-refractivity contribution in [3.8, 4) is 0 Å². The van der Waals surface area contributed by atoms with E-state index in [0.29, 0.717) is 17.9 Å². The third-order valence-corrected chi connectivity index (χ3v) is 5.93. The molecule has 0 saturated carbocycles. The summed E-state index contributed by atoms with van der Waals surface area (Å²) >= 11 is 0. The Balaban J connectivity index is 1.60. The lowest BCUT2D eigenvalue weighted by molar-refractivity contribution is -0.133. The van der Waals surface area contributed by atoms with Crippen LogP contribution in [0.5, 0.6) is 0 Å². The van der Waals surface area contributed by atoms with Crippen molar-refractivity contribution in [2.75, 3.05) is 19.6 Å². The van der Waals surface area contributed by atoms with Gasteiger partial charge in [0.15, 0.2) is 0 Å². The fraction of sp³-hybridized carbons (Fsp3) is 0.562. The summed E-state index contributed by atoms with van der Waals surface area (Å²) < 4.78 is 27.3. The molecule has 5 nitrogen and oxygen atoms in total. The monoisotopic (exact) mass is 322 g/mol. The Morgan fingerprint density at radius 3 is 2.68 bits per heavy atom. The highest BCUT2D eigenvalue weighted by molar-refractivity contribution is 7.89. The molecular weight excluding hydrogens is 300 g/mol. The lowest BCUT2D eigenvalue weighted by Crippen LogP contribution is -2.41. The van der Waals surface area contributed by atoms with Gasteiger partial charge in [0.25, 0.3) is 0 Å². The summed E-state index contributed by atoms with van der Waals surface area (Å²) in [6.07, 6.45) is 5.63. The fourth-order valence-corrected chi connectivity index (χ4v) is 4.28. The van der Waals surface area contributed by atoms with Gasteiger partial charge in [0.2, 0.25) is 15.9 Å². The minimum absolute atomic E-state index is 0.128. The second kappa shape index (κ2) is 6.38. The number of aryl methyl sites for hydroxylation is 2. The molecule has 0 radical (unpaired) electrons. The highest BCUT2D eigenvalue weighted by Gasteiger charge is 2.20. The number of likely N-dealkylation sites (tertiary alicyclic amines) is 1. The Kier molecular flexibility index (Phi) is 4.49. The topological polar surface area (TPSA) is 66.5 Å². The van der Waals surface area contributed by atoms with Crippen LogP contribution in [-0.4, -0.2) is 38.9 Å². The molecule has 1 aliphatic carbocycles. The Bertz CT molecular complexity index is 670. The van der Waals surface area contributed by atoms with Crippen molar-refractivity contribution in [2.45, 2.75) is 43.4 Å². The normalized spacial score (nSPS) is 18.5. The van der Waals surface area contributed by atoms with E-state index in [1.54, 1.807) is 17.0 Å². The summed E-state index contributed by atoms with van der Waals surface area (Å²) in [6.45, 7) is 1.45. The van der Waals surface area contributed by atoms with Crippen LogP contribution in [0.3, 0.4) is 0 Å². The SMILES string of the molecule is O=C1CCCCN1CCNS(=O)(=O)c1ccc2c(c1)CCC2. The van der Waals surface area contributed by atoms with Gasteiger partial charge in [-0.1, -0.05) is 6.07 Å². The molecule has 1 aromatic rings. The molecule has 3 rings (SSSR count). The molecule has 1 aromatic carbocycles. The van der Waals surface area contributed by atoms with Crippen LogP contribution >= 0.6 is 0 Å². The summed E-state index contributed by atoms with van der Waals surface area (Å²) in [4.78, 5) is 13.8. The van der Waals surface area contributed by atoms with Crippen LogP contribution in [0.1, 0.15) is 36.8 Å². The van der Waals surface area contributed by atoms with Crippen LogP contribution in [0, 0.1) is 0 Å². The van der Waals surface area contributed by atoms with Crippen molar-refractivity contribution in [3.63, 3.8) is 0 Å². The number of benzene rings is 1. The van der Waals surface area contributed by atoms with E-state index >= 15 is 0 Å². The molecule has 0 bridgehead atoms. The second-order valence-corrected chi connectivity index (χ2v) is 7.79. The van der Waals surface area contributed by atoms with Gasteiger partial charge in [-0.05, 0) is 55.4 Å². The molecule has 0 aromatic heterocycles. The lowest BCUT2D eigenvalue weighted by atomic mass is 10.1.